The first-order valence-electron chi connectivity index (χ1n) is 6.35. The maximum atomic E-state index is 9.20. The van der Waals surface area contributed by atoms with Gasteiger partial charge in [-0.15, -0.1) is 0 Å². The monoisotopic (exact) mass is 265 g/mol. The van der Waals surface area contributed by atoms with Crippen LogP contribution in [0.25, 0.3) is 22.2 Å². The summed E-state index contributed by atoms with van der Waals surface area (Å²) in [6, 6.07) is 15.4. The van der Waals surface area contributed by atoms with Crippen molar-refractivity contribution in [1.82, 2.24) is 4.98 Å². The number of aliphatic hydroxyl groups is 1. The Morgan fingerprint density at radius 1 is 1.15 bits per heavy atom. The van der Waals surface area contributed by atoms with Gasteiger partial charge in [-0.25, -0.2) is 0 Å². The third-order valence-electron chi connectivity index (χ3n) is 3.35. The number of aliphatic hydroxyl groups excluding tert-OH is 1. The smallest absolute Gasteiger partial charge is 0.122 e. The molecule has 1 aromatic heterocycles. The van der Waals surface area contributed by atoms with E-state index in [0.29, 0.717) is 5.56 Å². The van der Waals surface area contributed by atoms with Crippen molar-refractivity contribution < 1.29 is 5.11 Å². The minimum atomic E-state index is 0.0303. The number of nitrogens with two attached hydrogens (primary N) is 1. The number of aromatic amines is 1. The van der Waals surface area contributed by atoms with E-state index in [4.69, 9.17) is 11.1 Å². The molecule has 0 radical (unpaired) electrons. The van der Waals surface area contributed by atoms with Gasteiger partial charge in [-0.2, -0.15) is 0 Å². The number of aromatic nitrogens is 1. The van der Waals surface area contributed by atoms with Crippen LogP contribution < -0.4 is 5.73 Å². The second-order valence-corrected chi connectivity index (χ2v) is 4.76. The number of nitrogen functional groups attached to an aromatic ring is 1. The lowest BCUT2D eigenvalue weighted by molar-refractivity contribution is 0.282. The maximum Gasteiger partial charge on any atom is 0.122 e. The van der Waals surface area contributed by atoms with Gasteiger partial charge in [-0.05, 0) is 41.5 Å². The van der Waals surface area contributed by atoms with Crippen LogP contribution in [0, 0.1) is 5.41 Å². The molecule has 0 saturated carbocycles. The van der Waals surface area contributed by atoms with Crippen LogP contribution in [0.3, 0.4) is 0 Å². The van der Waals surface area contributed by atoms with Crippen molar-refractivity contribution >= 4 is 16.7 Å². The van der Waals surface area contributed by atoms with E-state index in [2.05, 4.69) is 4.98 Å². The number of hydrogen-bond donors (Lipinski definition) is 4. The van der Waals surface area contributed by atoms with Crippen LogP contribution in [-0.2, 0) is 6.61 Å². The van der Waals surface area contributed by atoms with E-state index in [0.717, 1.165) is 27.7 Å². The van der Waals surface area contributed by atoms with E-state index in [1.54, 1.807) is 0 Å². The lowest BCUT2D eigenvalue weighted by Crippen LogP contribution is -2.10. The van der Waals surface area contributed by atoms with Crippen LogP contribution >= 0.6 is 0 Å². The molecule has 100 valence electrons. The van der Waals surface area contributed by atoms with Crippen molar-refractivity contribution in [2.24, 2.45) is 5.73 Å². The summed E-state index contributed by atoms with van der Waals surface area (Å²) in [7, 11) is 0. The number of hydrogen-bond acceptors (Lipinski definition) is 2. The zero-order chi connectivity index (χ0) is 14.1. The fourth-order valence-corrected chi connectivity index (χ4v) is 2.29. The van der Waals surface area contributed by atoms with Crippen LogP contribution in [0.1, 0.15) is 11.1 Å². The average molecular weight is 265 g/mol. The third-order valence-corrected chi connectivity index (χ3v) is 3.35. The summed E-state index contributed by atoms with van der Waals surface area (Å²) in [4.78, 5) is 3.34. The summed E-state index contributed by atoms with van der Waals surface area (Å²) in [6.07, 6.45) is 0. The van der Waals surface area contributed by atoms with Crippen molar-refractivity contribution in [1.29, 1.82) is 5.41 Å². The molecule has 4 heteroatoms. The number of H-pyrrole nitrogens is 1. The zero-order valence-electron chi connectivity index (χ0n) is 10.9. The summed E-state index contributed by atoms with van der Waals surface area (Å²) in [5.41, 5.74) is 10.1. The van der Waals surface area contributed by atoms with Crippen LogP contribution in [0.4, 0.5) is 0 Å². The molecule has 3 rings (SSSR count). The van der Waals surface area contributed by atoms with E-state index in [1.807, 2.05) is 48.5 Å². The van der Waals surface area contributed by atoms with E-state index < -0.39 is 0 Å². The van der Waals surface area contributed by atoms with Gasteiger partial charge in [0.1, 0.15) is 5.84 Å². The highest BCUT2D eigenvalue weighted by Gasteiger charge is 2.06. The van der Waals surface area contributed by atoms with Crippen LogP contribution in [0.15, 0.2) is 48.5 Å². The molecular weight excluding hydrogens is 250 g/mol. The van der Waals surface area contributed by atoms with Gasteiger partial charge in [0.2, 0.25) is 0 Å². The van der Waals surface area contributed by atoms with Crippen molar-refractivity contribution in [2.75, 3.05) is 0 Å². The molecule has 0 unspecified atom stereocenters. The van der Waals surface area contributed by atoms with Gasteiger partial charge in [0.25, 0.3) is 0 Å². The fourth-order valence-electron chi connectivity index (χ4n) is 2.29. The predicted molar refractivity (Wildman–Crippen MR) is 80.7 cm³/mol. The Balaban J connectivity index is 2.10. The molecular formula is C16H15N3O. The first-order chi connectivity index (χ1) is 9.67. The number of nitrogens with one attached hydrogen (secondary N) is 2. The minimum Gasteiger partial charge on any atom is -0.392 e. The van der Waals surface area contributed by atoms with Crippen molar-refractivity contribution in [2.45, 2.75) is 6.61 Å². The van der Waals surface area contributed by atoms with Gasteiger partial charge < -0.3 is 15.8 Å². The van der Waals surface area contributed by atoms with Crippen LogP contribution in [0.5, 0.6) is 0 Å². The molecule has 4 nitrogen and oxygen atoms in total. The van der Waals surface area contributed by atoms with Crippen molar-refractivity contribution in [3.63, 3.8) is 0 Å². The molecule has 0 bridgehead atoms. The highest BCUT2D eigenvalue weighted by atomic mass is 16.3. The molecule has 0 aliphatic carbocycles. The van der Waals surface area contributed by atoms with Gasteiger partial charge in [0, 0.05) is 22.2 Å². The topological polar surface area (TPSA) is 85.9 Å². The lowest BCUT2D eigenvalue weighted by atomic mass is 10.1. The quantitative estimate of drug-likeness (QED) is 0.433. The Hall–Kier alpha value is -2.59. The van der Waals surface area contributed by atoms with Crippen molar-refractivity contribution in [3.05, 3.63) is 59.7 Å². The zero-order valence-corrected chi connectivity index (χ0v) is 10.9. The standard InChI is InChI=1S/C16H15N3O/c17-16(18)12-4-5-14-13(7-12)8-15(19-14)11-3-1-2-10(6-11)9-20/h1-8,19-20H,9H2,(H3,17,18). The van der Waals surface area contributed by atoms with Gasteiger partial charge >= 0.3 is 0 Å². The number of fused-ring (bicyclic) bond motifs is 1. The Bertz CT molecular complexity index is 789. The van der Waals surface area contributed by atoms with E-state index in [-0.39, 0.29) is 12.4 Å². The van der Waals surface area contributed by atoms with E-state index >= 15 is 0 Å². The first-order valence-corrected chi connectivity index (χ1v) is 6.35. The number of amidine groups is 1. The van der Waals surface area contributed by atoms with Crippen LogP contribution in [0.2, 0.25) is 0 Å². The molecule has 1 heterocycles. The molecule has 0 aliphatic rings. The first kappa shape index (κ1) is 12.4. The molecule has 0 amide bonds. The van der Waals surface area contributed by atoms with Crippen LogP contribution in [-0.4, -0.2) is 15.9 Å². The lowest BCUT2D eigenvalue weighted by Gasteiger charge is -2.00. The van der Waals surface area contributed by atoms with Gasteiger partial charge in [0.15, 0.2) is 0 Å². The molecule has 0 spiro atoms. The number of benzene rings is 2. The molecule has 20 heavy (non-hydrogen) atoms. The van der Waals surface area contributed by atoms with E-state index in [1.165, 1.54) is 0 Å². The molecule has 0 aliphatic heterocycles. The average Bonchev–Trinajstić information content (AvgIpc) is 2.90. The highest BCUT2D eigenvalue weighted by molar-refractivity contribution is 5.99. The molecule has 0 atom stereocenters. The summed E-state index contributed by atoms with van der Waals surface area (Å²) in [5.74, 6) is 0.0666. The fraction of sp³-hybridized carbons (Fsp3) is 0.0625. The second-order valence-electron chi connectivity index (χ2n) is 4.76. The summed E-state index contributed by atoms with van der Waals surface area (Å²) < 4.78 is 0. The van der Waals surface area contributed by atoms with Gasteiger partial charge in [-0.1, -0.05) is 18.2 Å². The largest absolute Gasteiger partial charge is 0.392 e. The summed E-state index contributed by atoms with van der Waals surface area (Å²) in [6.45, 7) is 0.0303. The molecule has 2 aromatic carbocycles. The Morgan fingerprint density at radius 2 is 2.00 bits per heavy atom. The highest BCUT2D eigenvalue weighted by Crippen LogP contribution is 2.25. The Kier molecular flexibility index (Phi) is 3.00. The second kappa shape index (κ2) is 4.83. The maximum absolute atomic E-state index is 9.20. The summed E-state index contributed by atoms with van der Waals surface area (Å²) >= 11 is 0. The normalized spacial score (nSPS) is 10.8. The predicted octanol–water partition coefficient (Wildman–Crippen LogP) is 2.61. The Morgan fingerprint density at radius 3 is 2.75 bits per heavy atom. The van der Waals surface area contributed by atoms with E-state index in [9.17, 15) is 5.11 Å². The molecule has 0 fully saturated rings. The molecule has 5 N–H and O–H groups in total. The number of rotatable bonds is 3. The summed E-state index contributed by atoms with van der Waals surface area (Å²) in [5, 5.41) is 17.7. The SMILES string of the molecule is N=C(N)c1ccc2[nH]c(-c3cccc(CO)c3)cc2c1. The molecule has 3 aromatic rings. The Labute approximate surface area is 116 Å². The third kappa shape index (κ3) is 2.17. The van der Waals surface area contributed by atoms with Crippen molar-refractivity contribution in [3.8, 4) is 11.3 Å². The molecule has 0 saturated heterocycles. The minimum absolute atomic E-state index is 0.0303. The van der Waals surface area contributed by atoms with Gasteiger partial charge in [0.05, 0.1) is 6.61 Å². The van der Waals surface area contributed by atoms with Gasteiger partial charge in [-0.3, -0.25) is 5.41 Å².